The number of aromatic nitrogens is 3. The van der Waals surface area contributed by atoms with E-state index in [1.807, 2.05) is 29.1 Å². The van der Waals surface area contributed by atoms with Crippen molar-refractivity contribution in [3.05, 3.63) is 77.1 Å². The maximum absolute atomic E-state index is 5.94. The van der Waals surface area contributed by atoms with Gasteiger partial charge in [-0.3, -0.25) is 4.90 Å². The maximum atomic E-state index is 5.94. The molecule has 1 aliphatic rings. The van der Waals surface area contributed by atoms with Gasteiger partial charge >= 0.3 is 0 Å². The Bertz CT molecular complexity index is 891. The van der Waals surface area contributed by atoms with Gasteiger partial charge in [-0.05, 0) is 30.2 Å². The van der Waals surface area contributed by atoms with E-state index < -0.39 is 0 Å². The SMILES string of the molecule is COc1cccc(Cn2cc([C@H]3OCCN3Cc3ccc(C)cc3)nn2)c1. The Labute approximate surface area is 159 Å². The molecule has 0 unspecified atom stereocenters. The molecule has 27 heavy (non-hydrogen) atoms. The fraction of sp³-hybridized carbons (Fsp3) is 0.333. The van der Waals surface area contributed by atoms with Crippen molar-refractivity contribution in [3.8, 4) is 5.75 Å². The monoisotopic (exact) mass is 364 g/mol. The third kappa shape index (κ3) is 4.18. The highest BCUT2D eigenvalue weighted by Crippen LogP contribution is 2.27. The Morgan fingerprint density at radius 2 is 1.96 bits per heavy atom. The normalized spacial score (nSPS) is 17.3. The van der Waals surface area contributed by atoms with Gasteiger partial charge in [-0.15, -0.1) is 5.10 Å². The molecular weight excluding hydrogens is 340 g/mol. The zero-order chi connectivity index (χ0) is 18.6. The summed E-state index contributed by atoms with van der Waals surface area (Å²) in [6.07, 6.45) is 1.82. The number of benzene rings is 2. The van der Waals surface area contributed by atoms with Crippen LogP contribution in [0, 0.1) is 6.92 Å². The van der Waals surface area contributed by atoms with E-state index in [1.54, 1.807) is 7.11 Å². The van der Waals surface area contributed by atoms with Crippen LogP contribution < -0.4 is 4.74 Å². The molecule has 1 aromatic heterocycles. The first-order valence-corrected chi connectivity index (χ1v) is 9.15. The molecule has 0 bridgehead atoms. The summed E-state index contributed by atoms with van der Waals surface area (Å²) in [5.74, 6) is 0.844. The lowest BCUT2D eigenvalue weighted by Crippen LogP contribution is -2.23. The number of rotatable bonds is 6. The highest BCUT2D eigenvalue weighted by atomic mass is 16.5. The van der Waals surface area contributed by atoms with Crippen molar-refractivity contribution in [1.29, 1.82) is 0 Å². The molecule has 0 aliphatic carbocycles. The van der Waals surface area contributed by atoms with Crippen LogP contribution in [-0.4, -0.2) is 40.2 Å². The van der Waals surface area contributed by atoms with E-state index in [2.05, 4.69) is 52.5 Å². The Morgan fingerprint density at radius 3 is 2.78 bits per heavy atom. The zero-order valence-electron chi connectivity index (χ0n) is 15.7. The van der Waals surface area contributed by atoms with Crippen LogP contribution in [0.2, 0.25) is 0 Å². The minimum absolute atomic E-state index is 0.148. The first-order chi connectivity index (χ1) is 13.2. The lowest BCUT2D eigenvalue weighted by atomic mass is 10.1. The third-order valence-corrected chi connectivity index (χ3v) is 4.78. The fourth-order valence-electron chi connectivity index (χ4n) is 3.33. The highest BCUT2D eigenvalue weighted by Gasteiger charge is 2.29. The molecule has 140 valence electrons. The summed E-state index contributed by atoms with van der Waals surface area (Å²) in [5.41, 5.74) is 4.52. The lowest BCUT2D eigenvalue weighted by Gasteiger charge is -2.21. The summed E-state index contributed by atoms with van der Waals surface area (Å²) in [6.45, 7) is 5.19. The van der Waals surface area contributed by atoms with E-state index in [-0.39, 0.29) is 6.23 Å². The minimum Gasteiger partial charge on any atom is -0.497 e. The molecule has 1 saturated heterocycles. The van der Waals surface area contributed by atoms with Crippen LogP contribution in [0.25, 0.3) is 0 Å². The number of ether oxygens (including phenoxy) is 2. The third-order valence-electron chi connectivity index (χ3n) is 4.78. The van der Waals surface area contributed by atoms with Crippen molar-refractivity contribution < 1.29 is 9.47 Å². The number of hydrogen-bond acceptors (Lipinski definition) is 5. The van der Waals surface area contributed by atoms with Crippen molar-refractivity contribution in [2.24, 2.45) is 0 Å². The number of hydrogen-bond donors (Lipinski definition) is 0. The van der Waals surface area contributed by atoms with Gasteiger partial charge in [0.2, 0.25) is 0 Å². The van der Waals surface area contributed by atoms with E-state index >= 15 is 0 Å². The molecule has 3 aromatic rings. The van der Waals surface area contributed by atoms with Crippen LogP contribution >= 0.6 is 0 Å². The summed E-state index contributed by atoms with van der Waals surface area (Å²) >= 11 is 0. The second-order valence-electron chi connectivity index (χ2n) is 6.87. The van der Waals surface area contributed by atoms with Crippen molar-refractivity contribution in [2.45, 2.75) is 26.2 Å². The van der Waals surface area contributed by atoms with Crippen LogP contribution in [0.5, 0.6) is 5.75 Å². The quantitative estimate of drug-likeness (QED) is 0.672. The van der Waals surface area contributed by atoms with Crippen LogP contribution in [-0.2, 0) is 17.8 Å². The molecule has 6 nitrogen and oxygen atoms in total. The first-order valence-electron chi connectivity index (χ1n) is 9.15. The molecule has 2 aromatic carbocycles. The summed E-state index contributed by atoms with van der Waals surface area (Å²) in [5, 5.41) is 8.64. The summed E-state index contributed by atoms with van der Waals surface area (Å²) in [7, 11) is 1.67. The van der Waals surface area contributed by atoms with E-state index in [4.69, 9.17) is 9.47 Å². The zero-order valence-corrected chi connectivity index (χ0v) is 15.7. The summed E-state index contributed by atoms with van der Waals surface area (Å²) in [6, 6.07) is 16.6. The fourth-order valence-corrected chi connectivity index (χ4v) is 3.33. The molecule has 1 fully saturated rings. The van der Waals surface area contributed by atoms with Crippen molar-refractivity contribution in [2.75, 3.05) is 20.3 Å². The van der Waals surface area contributed by atoms with Crippen LogP contribution in [0.1, 0.15) is 28.6 Å². The van der Waals surface area contributed by atoms with E-state index in [1.165, 1.54) is 11.1 Å². The van der Waals surface area contributed by atoms with Gasteiger partial charge in [0.1, 0.15) is 11.4 Å². The predicted molar refractivity (Wildman–Crippen MR) is 102 cm³/mol. The van der Waals surface area contributed by atoms with Gasteiger partial charge in [0.25, 0.3) is 0 Å². The predicted octanol–water partition coefficient (Wildman–Crippen LogP) is 3.17. The maximum Gasteiger partial charge on any atom is 0.157 e. The summed E-state index contributed by atoms with van der Waals surface area (Å²) < 4.78 is 13.1. The van der Waals surface area contributed by atoms with Gasteiger partial charge in [0, 0.05) is 13.1 Å². The second kappa shape index (κ2) is 7.90. The topological polar surface area (TPSA) is 52.4 Å². The molecule has 2 heterocycles. The number of aryl methyl sites for hydroxylation is 1. The van der Waals surface area contributed by atoms with Crippen LogP contribution in [0.15, 0.2) is 54.7 Å². The van der Waals surface area contributed by atoms with Crippen LogP contribution in [0.4, 0.5) is 0 Å². The van der Waals surface area contributed by atoms with E-state index in [9.17, 15) is 0 Å². The van der Waals surface area contributed by atoms with Gasteiger partial charge in [-0.25, -0.2) is 4.68 Å². The molecule has 0 N–H and O–H groups in total. The lowest BCUT2D eigenvalue weighted by molar-refractivity contribution is 0.0252. The molecule has 0 radical (unpaired) electrons. The van der Waals surface area contributed by atoms with Crippen LogP contribution in [0.3, 0.4) is 0 Å². The van der Waals surface area contributed by atoms with Gasteiger partial charge in [-0.2, -0.15) is 0 Å². The number of methoxy groups -OCH3 is 1. The number of nitrogens with zero attached hydrogens (tertiary/aromatic N) is 4. The summed E-state index contributed by atoms with van der Waals surface area (Å²) in [4.78, 5) is 2.30. The van der Waals surface area contributed by atoms with Crippen molar-refractivity contribution in [1.82, 2.24) is 19.9 Å². The standard InChI is InChI=1S/C21H24N4O2/c1-16-6-8-17(9-7-16)13-24-10-11-27-21(24)20-15-25(23-22-20)14-18-4-3-5-19(12-18)26-2/h3-9,12,15,21H,10-11,13-14H2,1-2H3/t21-/m1/s1. The van der Waals surface area contributed by atoms with Gasteiger partial charge in [0.15, 0.2) is 6.23 Å². The van der Waals surface area contributed by atoms with Gasteiger partial charge in [-0.1, -0.05) is 47.2 Å². The highest BCUT2D eigenvalue weighted by molar-refractivity contribution is 5.28. The molecule has 0 saturated carbocycles. The second-order valence-corrected chi connectivity index (χ2v) is 6.87. The molecule has 0 amide bonds. The van der Waals surface area contributed by atoms with Crippen molar-refractivity contribution in [3.63, 3.8) is 0 Å². The largest absolute Gasteiger partial charge is 0.497 e. The smallest absolute Gasteiger partial charge is 0.157 e. The molecule has 4 rings (SSSR count). The average molecular weight is 364 g/mol. The van der Waals surface area contributed by atoms with Gasteiger partial charge < -0.3 is 9.47 Å². The Kier molecular flexibility index (Phi) is 5.18. The average Bonchev–Trinajstić information content (AvgIpc) is 3.33. The first kappa shape index (κ1) is 17.7. The van der Waals surface area contributed by atoms with Gasteiger partial charge in [0.05, 0.1) is 26.5 Å². The van der Waals surface area contributed by atoms with E-state index in [0.717, 1.165) is 30.1 Å². The molecular formula is C21H24N4O2. The molecule has 1 aliphatic heterocycles. The van der Waals surface area contributed by atoms with Crippen molar-refractivity contribution >= 4 is 0 Å². The minimum atomic E-state index is -0.148. The molecule has 0 spiro atoms. The van der Waals surface area contributed by atoms with E-state index in [0.29, 0.717) is 13.2 Å². The Morgan fingerprint density at radius 1 is 1.11 bits per heavy atom. The molecule has 1 atom stereocenters. The Balaban J connectivity index is 1.45. The Hall–Kier alpha value is -2.70. The molecule has 6 heteroatoms.